The molecule has 0 bridgehead atoms. The molecule has 0 spiro atoms. The van der Waals surface area contributed by atoms with Gasteiger partial charge in [0.1, 0.15) is 5.76 Å². The minimum atomic E-state index is 0.821. The Kier molecular flexibility index (Phi) is 2.24. The number of rotatable bonds is 0. The third-order valence-electron chi connectivity index (χ3n) is 3.14. The number of nitrogens with one attached hydrogen (secondary N) is 1. The van der Waals surface area contributed by atoms with E-state index in [0.29, 0.717) is 0 Å². The lowest BCUT2D eigenvalue weighted by atomic mass is 10.0. The Morgan fingerprint density at radius 1 is 1.31 bits per heavy atom. The summed E-state index contributed by atoms with van der Waals surface area (Å²) >= 11 is 0. The molecule has 0 radical (unpaired) electrons. The van der Waals surface area contributed by atoms with E-state index in [4.69, 9.17) is 4.74 Å². The van der Waals surface area contributed by atoms with E-state index in [1.807, 2.05) is 0 Å². The van der Waals surface area contributed by atoms with E-state index in [0.717, 1.165) is 31.9 Å². The largest absolute Gasteiger partial charge is 0.494 e. The van der Waals surface area contributed by atoms with Crippen molar-refractivity contribution in [2.45, 2.75) is 6.42 Å². The van der Waals surface area contributed by atoms with Gasteiger partial charge >= 0.3 is 0 Å². The summed E-state index contributed by atoms with van der Waals surface area (Å²) in [6, 6.07) is 8.47. The van der Waals surface area contributed by atoms with Crippen LogP contribution in [0.25, 0.3) is 5.70 Å². The van der Waals surface area contributed by atoms with E-state index in [1.165, 1.54) is 16.9 Å². The Hall–Kier alpha value is -1.64. The molecule has 2 aliphatic rings. The number of anilines is 1. The number of hydrogen-bond donors (Lipinski definition) is 1. The van der Waals surface area contributed by atoms with E-state index in [2.05, 4.69) is 41.5 Å². The zero-order valence-corrected chi connectivity index (χ0v) is 9.49. The molecular weight excluding hydrogens is 200 g/mol. The van der Waals surface area contributed by atoms with Gasteiger partial charge in [-0.3, -0.25) is 0 Å². The number of benzene rings is 1. The van der Waals surface area contributed by atoms with Crippen molar-refractivity contribution in [1.82, 2.24) is 5.32 Å². The normalized spacial score (nSPS) is 19.2. The first-order valence-electron chi connectivity index (χ1n) is 5.76. The molecule has 2 heterocycles. The van der Waals surface area contributed by atoms with Crippen LogP contribution in [0.4, 0.5) is 5.69 Å². The van der Waals surface area contributed by atoms with Crippen molar-refractivity contribution < 1.29 is 4.74 Å². The second-order valence-corrected chi connectivity index (χ2v) is 4.30. The molecule has 16 heavy (non-hydrogen) atoms. The van der Waals surface area contributed by atoms with Crippen molar-refractivity contribution in [1.29, 1.82) is 0 Å². The number of fused-ring (bicyclic) bond motifs is 2. The Morgan fingerprint density at radius 3 is 3.12 bits per heavy atom. The second-order valence-electron chi connectivity index (χ2n) is 4.30. The van der Waals surface area contributed by atoms with Crippen LogP contribution in [0.3, 0.4) is 0 Å². The van der Waals surface area contributed by atoms with Gasteiger partial charge in [-0.1, -0.05) is 18.2 Å². The van der Waals surface area contributed by atoms with E-state index >= 15 is 0 Å². The van der Waals surface area contributed by atoms with Gasteiger partial charge in [0.15, 0.2) is 0 Å². The van der Waals surface area contributed by atoms with Crippen molar-refractivity contribution in [2.75, 3.05) is 31.6 Å². The molecule has 3 rings (SSSR count). The first-order valence-corrected chi connectivity index (χ1v) is 5.76. The van der Waals surface area contributed by atoms with Crippen LogP contribution in [0.1, 0.15) is 12.0 Å². The Balaban J connectivity index is 2.11. The van der Waals surface area contributed by atoms with Crippen LogP contribution in [-0.4, -0.2) is 26.7 Å². The van der Waals surface area contributed by atoms with Gasteiger partial charge in [0.2, 0.25) is 0 Å². The topological polar surface area (TPSA) is 24.5 Å². The molecule has 0 aromatic heterocycles. The molecule has 2 aliphatic heterocycles. The van der Waals surface area contributed by atoms with Crippen molar-refractivity contribution in [3.05, 3.63) is 35.6 Å². The first-order chi connectivity index (χ1) is 7.86. The summed E-state index contributed by atoms with van der Waals surface area (Å²) in [5.41, 5.74) is 3.72. The van der Waals surface area contributed by atoms with Gasteiger partial charge in [0.05, 0.1) is 18.8 Å². The number of nitrogens with zero attached hydrogens (tertiary/aromatic N) is 1. The quantitative estimate of drug-likeness (QED) is 0.716. The first kappa shape index (κ1) is 9.58. The SMILES string of the molecule is CN1CC2=C(NCCCO2)c2ccccc21. The summed E-state index contributed by atoms with van der Waals surface area (Å²) in [7, 11) is 2.11. The van der Waals surface area contributed by atoms with E-state index in [-0.39, 0.29) is 0 Å². The number of ether oxygens (including phenoxy) is 1. The van der Waals surface area contributed by atoms with Crippen molar-refractivity contribution in [3.8, 4) is 0 Å². The van der Waals surface area contributed by atoms with Gasteiger partial charge in [-0.25, -0.2) is 0 Å². The minimum absolute atomic E-state index is 0.821. The zero-order valence-electron chi connectivity index (χ0n) is 9.49. The van der Waals surface area contributed by atoms with Crippen LogP contribution in [0.15, 0.2) is 30.0 Å². The molecule has 0 atom stereocenters. The van der Waals surface area contributed by atoms with Crippen molar-refractivity contribution in [3.63, 3.8) is 0 Å². The maximum Gasteiger partial charge on any atom is 0.139 e. The van der Waals surface area contributed by atoms with Gasteiger partial charge < -0.3 is 15.0 Å². The molecule has 3 heteroatoms. The average molecular weight is 216 g/mol. The zero-order chi connectivity index (χ0) is 11.0. The molecule has 0 saturated heterocycles. The third kappa shape index (κ3) is 1.43. The monoisotopic (exact) mass is 216 g/mol. The van der Waals surface area contributed by atoms with Crippen LogP contribution < -0.4 is 10.2 Å². The Morgan fingerprint density at radius 2 is 2.19 bits per heavy atom. The molecule has 1 N–H and O–H groups in total. The standard InChI is InChI=1S/C13H16N2O/c1-15-9-12-13(14-7-4-8-16-12)10-5-2-3-6-11(10)15/h2-3,5-6,14H,4,7-9H2,1H3. The Labute approximate surface area is 95.7 Å². The highest BCUT2D eigenvalue weighted by Crippen LogP contribution is 2.33. The van der Waals surface area contributed by atoms with Crippen LogP contribution in [0, 0.1) is 0 Å². The maximum absolute atomic E-state index is 5.81. The highest BCUT2D eigenvalue weighted by atomic mass is 16.5. The fraction of sp³-hybridized carbons (Fsp3) is 0.385. The minimum Gasteiger partial charge on any atom is -0.494 e. The van der Waals surface area contributed by atoms with Crippen LogP contribution in [-0.2, 0) is 4.74 Å². The fourth-order valence-corrected chi connectivity index (χ4v) is 2.34. The summed E-state index contributed by atoms with van der Waals surface area (Å²) < 4.78 is 5.81. The summed E-state index contributed by atoms with van der Waals surface area (Å²) in [4.78, 5) is 2.24. The van der Waals surface area contributed by atoms with Gasteiger partial charge in [0, 0.05) is 24.8 Å². The summed E-state index contributed by atoms with van der Waals surface area (Å²) in [5, 5.41) is 3.49. The predicted molar refractivity (Wildman–Crippen MR) is 65.2 cm³/mol. The number of likely N-dealkylation sites (N-methyl/N-ethyl adjacent to an activating group) is 1. The molecule has 1 aromatic carbocycles. The highest BCUT2D eigenvalue weighted by molar-refractivity contribution is 5.80. The summed E-state index contributed by atoms with van der Waals surface area (Å²) in [5.74, 6) is 1.08. The lowest BCUT2D eigenvalue weighted by Crippen LogP contribution is -2.29. The summed E-state index contributed by atoms with van der Waals surface area (Å²) in [6.07, 6.45) is 1.07. The van der Waals surface area contributed by atoms with Gasteiger partial charge in [0.25, 0.3) is 0 Å². The average Bonchev–Trinajstić information content (AvgIpc) is 2.55. The van der Waals surface area contributed by atoms with Gasteiger partial charge in [-0.15, -0.1) is 0 Å². The smallest absolute Gasteiger partial charge is 0.139 e. The van der Waals surface area contributed by atoms with Gasteiger partial charge in [-0.2, -0.15) is 0 Å². The lowest BCUT2D eigenvalue weighted by molar-refractivity contribution is 0.213. The van der Waals surface area contributed by atoms with E-state index < -0.39 is 0 Å². The Bertz CT molecular complexity index is 439. The fourth-order valence-electron chi connectivity index (χ4n) is 2.34. The van der Waals surface area contributed by atoms with Crippen molar-refractivity contribution >= 4 is 11.4 Å². The lowest BCUT2D eigenvalue weighted by Gasteiger charge is -2.30. The molecule has 0 amide bonds. The second kappa shape index (κ2) is 3.74. The number of para-hydroxylation sites is 1. The van der Waals surface area contributed by atoms with Crippen LogP contribution >= 0.6 is 0 Å². The van der Waals surface area contributed by atoms with Gasteiger partial charge in [-0.05, 0) is 12.5 Å². The van der Waals surface area contributed by atoms with Crippen molar-refractivity contribution in [2.24, 2.45) is 0 Å². The molecule has 0 saturated carbocycles. The predicted octanol–water partition coefficient (Wildman–Crippen LogP) is 1.81. The number of hydrogen-bond acceptors (Lipinski definition) is 3. The molecule has 84 valence electrons. The molecule has 0 unspecified atom stereocenters. The molecule has 1 aromatic rings. The molecular formula is C13H16N2O. The van der Waals surface area contributed by atoms with E-state index in [1.54, 1.807) is 0 Å². The summed E-state index contributed by atoms with van der Waals surface area (Å²) in [6.45, 7) is 2.68. The molecule has 0 fully saturated rings. The van der Waals surface area contributed by atoms with Crippen LogP contribution in [0.2, 0.25) is 0 Å². The van der Waals surface area contributed by atoms with E-state index in [9.17, 15) is 0 Å². The highest BCUT2D eigenvalue weighted by Gasteiger charge is 2.24. The molecule has 0 aliphatic carbocycles. The third-order valence-corrected chi connectivity index (χ3v) is 3.14. The molecule has 3 nitrogen and oxygen atoms in total. The van der Waals surface area contributed by atoms with Crippen LogP contribution in [0.5, 0.6) is 0 Å². The maximum atomic E-state index is 5.81.